The summed E-state index contributed by atoms with van der Waals surface area (Å²) in [5, 5.41) is 22.6. The molecule has 0 bridgehead atoms. The van der Waals surface area contributed by atoms with Crippen LogP contribution in [0.5, 0.6) is 0 Å². The highest BCUT2D eigenvalue weighted by atomic mass is 16.4. The third-order valence-electron chi connectivity index (χ3n) is 3.40. The van der Waals surface area contributed by atoms with Gasteiger partial charge in [0.05, 0.1) is 0 Å². The van der Waals surface area contributed by atoms with E-state index in [2.05, 4.69) is 10.6 Å². The van der Waals surface area contributed by atoms with E-state index >= 15 is 0 Å². The van der Waals surface area contributed by atoms with E-state index in [1.807, 2.05) is 18.2 Å². The number of carbonyl (C=O) groups excluding carboxylic acids is 2. The average Bonchev–Trinajstić information content (AvgIpc) is 2.56. The zero-order valence-corrected chi connectivity index (χ0v) is 13.7. The molecule has 0 fully saturated rings. The number of carboxylic acids is 2. The molecule has 8 heteroatoms. The maximum Gasteiger partial charge on any atom is 0.326 e. The Bertz CT molecular complexity index is 602. The summed E-state index contributed by atoms with van der Waals surface area (Å²) in [7, 11) is 0. The average molecular weight is 350 g/mol. The first-order valence-electron chi connectivity index (χ1n) is 7.97. The number of amides is 2. The van der Waals surface area contributed by atoms with Crippen molar-refractivity contribution >= 4 is 29.4 Å². The van der Waals surface area contributed by atoms with Crippen LogP contribution in [0.3, 0.4) is 0 Å². The van der Waals surface area contributed by atoms with Crippen LogP contribution in [-0.4, -0.2) is 40.0 Å². The summed E-state index contributed by atoms with van der Waals surface area (Å²) < 4.78 is 0. The lowest BCUT2D eigenvalue weighted by Gasteiger charge is -2.13. The van der Waals surface area contributed by atoms with Crippen LogP contribution in [0.15, 0.2) is 30.3 Å². The quantitative estimate of drug-likeness (QED) is 0.448. The molecule has 0 spiro atoms. The fraction of sp³-hybridized carbons (Fsp3) is 0.412. The lowest BCUT2D eigenvalue weighted by molar-refractivity contribution is -0.143. The fourth-order valence-electron chi connectivity index (χ4n) is 2.11. The van der Waals surface area contributed by atoms with E-state index in [9.17, 15) is 19.2 Å². The topological polar surface area (TPSA) is 133 Å². The van der Waals surface area contributed by atoms with Crippen molar-refractivity contribution in [1.29, 1.82) is 0 Å². The van der Waals surface area contributed by atoms with E-state index in [1.165, 1.54) is 0 Å². The first-order chi connectivity index (χ1) is 11.9. The lowest BCUT2D eigenvalue weighted by Crippen LogP contribution is -2.41. The summed E-state index contributed by atoms with van der Waals surface area (Å²) in [5.74, 6) is -3.01. The predicted molar refractivity (Wildman–Crippen MR) is 90.0 cm³/mol. The van der Waals surface area contributed by atoms with E-state index in [0.29, 0.717) is 18.5 Å². The summed E-state index contributed by atoms with van der Waals surface area (Å²) in [6.07, 6.45) is 0.740. The van der Waals surface area contributed by atoms with Crippen LogP contribution >= 0.6 is 0 Å². The van der Waals surface area contributed by atoms with Crippen molar-refractivity contribution in [3.05, 3.63) is 30.3 Å². The van der Waals surface area contributed by atoms with Crippen molar-refractivity contribution in [2.45, 2.75) is 44.6 Å². The van der Waals surface area contributed by atoms with E-state index < -0.39 is 23.9 Å². The molecule has 0 saturated heterocycles. The number of aliphatic carboxylic acids is 2. The van der Waals surface area contributed by atoms with Crippen molar-refractivity contribution in [2.24, 2.45) is 0 Å². The minimum Gasteiger partial charge on any atom is -0.481 e. The highest BCUT2D eigenvalue weighted by molar-refractivity contribution is 5.90. The van der Waals surface area contributed by atoms with Gasteiger partial charge >= 0.3 is 11.9 Å². The Balaban J connectivity index is 2.23. The van der Waals surface area contributed by atoms with Gasteiger partial charge in [-0.2, -0.15) is 0 Å². The molecule has 0 aliphatic heterocycles. The molecule has 2 amide bonds. The van der Waals surface area contributed by atoms with Gasteiger partial charge < -0.3 is 20.8 Å². The molecule has 0 unspecified atom stereocenters. The zero-order valence-electron chi connectivity index (χ0n) is 13.7. The number of benzene rings is 1. The van der Waals surface area contributed by atoms with Gasteiger partial charge in [-0.15, -0.1) is 0 Å². The molecule has 0 heterocycles. The lowest BCUT2D eigenvalue weighted by atomic mass is 10.1. The highest BCUT2D eigenvalue weighted by Gasteiger charge is 2.20. The Kier molecular flexibility index (Phi) is 8.70. The molecule has 1 atom stereocenters. The molecule has 0 saturated carbocycles. The zero-order chi connectivity index (χ0) is 18.7. The van der Waals surface area contributed by atoms with Gasteiger partial charge in [-0.3, -0.25) is 14.4 Å². The number of hydrogen-bond acceptors (Lipinski definition) is 4. The largest absolute Gasteiger partial charge is 0.481 e. The minimum absolute atomic E-state index is 0.0788. The van der Waals surface area contributed by atoms with Crippen LogP contribution in [0.4, 0.5) is 5.69 Å². The van der Waals surface area contributed by atoms with Gasteiger partial charge in [-0.25, -0.2) is 4.79 Å². The van der Waals surface area contributed by atoms with Gasteiger partial charge in [0.25, 0.3) is 0 Å². The van der Waals surface area contributed by atoms with Crippen LogP contribution in [0, 0.1) is 0 Å². The first-order valence-corrected chi connectivity index (χ1v) is 7.97. The molecule has 1 aromatic rings. The molecule has 8 nitrogen and oxygen atoms in total. The number of unbranched alkanes of at least 4 members (excludes halogenated alkanes) is 1. The van der Waals surface area contributed by atoms with Gasteiger partial charge in [0.2, 0.25) is 11.8 Å². The maximum absolute atomic E-state index is 11.7. The van der Waals surface area contributed by atoms with Crippen LogP contribution in [0.2, 0.25) is 0 Å². The van der Waals surface area contributed by atoms with Gasteiger partial charge in [0.15, 0.2) is 0 Å². The molecule has 25 heavy (non-hydrogen) atoms. The monoisotopic (exact) mass is 350 g/mol. The number of carboxylic acid groups (broad SMARTS) is 2. The SMILES string of the molecule is O=C(O)CC[C@H](NC(=O)CCCCC(=O)Nc1ccccc1)C(=O)O. The Morgan fingerprint density at radius 1 is 0.880 bits per heavy atom. The molecule has 1 rings (SSSR count). The van der Waals surface area contributed by atoms with E-state index in [0.717, 1.165) is 0 Å². The minimum atomic E-state index is -1.27. The van der Waals surface area contributed by atoms with Crippen LogP contribution in [0.1, 0.15) is 38.5 Å². The second-order valence-corrected chi connectivity index (χ2v) is 5.51. The van der Waals surface area contributed by atoms with Crippen LogP contribution in [0.25, 0.3) is 0 Å². The Labute approximate surface area is 145 Å². The Morgan fingerprint density at radius 2 is 1.48 bits per heavy atom. The summed E-state index contributed by atoms with van der Waals surface area (Å²) in [6.45, 7) is 0. The van der Waals surface area contributed by atoms with E-state index in [4.69, 9.17) is 10.2 Å². The first kappa shape index (κ1) is 20.1. The molecular weight excluding hydrogens is 328 g/mol. The second-order valence-electron chi connectivity index (χ2n) is 5.51. The van der Waals surface area contributed by atoms with Gasteiger partial charge in [-0.1, -0.05) is 18.2 Å². The Morgan fingerprint density at radius 3 is 2.04 bits per heavy atom. The molecule has 136 valence electrons. The smallest absolute Gasteiger partial charge is 0.326 e. The predicted octanol–water partition coefficient (Wildman–Crippen LogP) is 1.62. The van der Waals surface area contributed by atoms with E-state index in [-0.39, 0.29) is 31.6 Å². The number of nitrogens with one attached hydrogen (secondary N) is 2. The molecular formula is C17H22N2O6. The highest BCUT2D eigenvalue weighted by Crippen LogP contribution is 2.08. The standard InChI is InChI=1S/C17H22N2O6/c20-14(18-12-6-2-1-3-7-12)8-4-5-9-15(21)19-13(17(24)25)10-11-16(22)23/h1-3,6-7,13H,4-5,8-11H2,(H,18,20)(H,19,21)(H,22,23)(H,24,25)/t13-/m0/s1. The van der Waals surface area contributed by atoms with E-state index in [1.54, 1.807) is 12.1 Å². The van der Waals surface area contributed by atoms with Gasteiger partial charge in [0, 0.05) is 24.9 Å². The van der Waals surface area contributed by atoms with Crippen LogP contribution in [-0.2, 0) is 19.2 Å². The van der Waals surface area contributed by atoms with Crippen molar-refractivity contribution in [3.8, 4) is 0 Å². The summed E-state index contributed by atoms with van der Waals surface area (Å²) in [4.78, 5) is 44.9. The van der Waals surface area contributed by atoms with Crippen molar-refractivity contribution in [1.82, 2.24) is 5.32 Å². The molecule has 1 aromatic carbocycles. The normalized spacial score (nSPS) is 11.4. The summed E-state index contributed by atoms with van der Waals surface area (Å²) in [6, 6.07) is 7.79. The number of para-hydroxylation sites is 1. The third-order valence-corrected chi connectivity index (χ3v) is 3.40. The van der Waals surface area contributed by atoms with Gasteiger partial charge in [0.1, 0.15) is 6.04 Å². The number of hydrogen-bond donors (Lipinski definition) is 4. The molecule has 0 aliphatic carbocycles. The van der Waals surface area contributed by atoms with Crippen LogP contribution < -0.4 is 10.6 Å². The summed E-state index contributed by atoms with van der Waals surface area (Å²) >= 11 is 0. The molecule has 4 N–H and O–H groups in total. The van der Waals surface area contributed by atoms with Crippen molar-refractivity contribution in [3.63, 3.8) is 0 Å². The number of rotatable bonds is 11. The number of carbonyl (C=O) groups is 4. The fourth-order valence-corrected chi connectivity index (χ4v) is 2.11. The molecule has 0 aromatic heterocycles. The molecule has 0 radical (unpaired) electrons. The summed E-state index contributed by atoms with van der Waals surface area (Å²) in [5.41, 5.74) is 0.702. The number of anilines is 1. The van der Waals surface area contributed by atoms with Crippen molar-refractivity contribution in [2.75, 3.05) is 5.32 Å². The van der Waals surface area contributed by atoms with Gasteiger partial charge in [-0.05, 0) is 31.4 Å². The third kappa shape index (κ3) is 9.09. The maximum atomic E-state index is 11.7. The van der Waals surface area contributed by atoms with Crippen molar-refractivity contribution < 1.29 is 29.4 Å². The second kappa shape index (κ2) is 10.8. The Hall–Kier alpha value is -2.90. The molecule has 0 aliphatic rings.